The Morgan fingerprint density at radius 3 is 2.79 bits per heavy atom. The minimum absolute atomic E-state index is 1.12. The zero-order valence-electron chi connectivity index (χ0n) is 8.66. The second kappa shape index (κ2) is 3.54. The molecule has 14 heavy (non-hydrogen) atoms. The van der Waals surface area contributed by atoms with E-state index in [2.05, 4.69) is 42.4 Å². The van der Waals surface area contributed by atoms with E-state index in [1.165, 1.54) is 21.2 Å². The van der Waals surface area contributed by atoms with Crippen molar-refractivity contribution >= 4 is 27.1 Å². The highest BCUT2D eigenvalue weighted by atomic mass is 32.1. The van der Waals surface area contributed by atoms with Gasteiger partial charge in [-0.2, -0.15) is 0 Å². The molecule has 2 rings (SSSR count). The minimum atomic E-state index is 1.12. The van der Waals surface area contributed by atoms with Gasteiger partial charge in [0, 0.05) is 28.4 Å². The molecule has 72 valence electrons. The number of thiophene rings is 1. The van der Waals surface area contributed by atoms with Crippen LogP contribution in [-0.2, 0) is 0 Å². The predicted molar refractivity (Wildman–Crippen MR) is 64.7 cm³/mol. The maximum atomic E-state index is 4.27. The number of benzene rings is 1. The highest BCUT2D eigenvalue weighted by Crippen LogP contribution is 2.27. The number of rotatable bonds is 1. The van der Waals surface area contributed by atoms with Crippen LogP contribution in [0.2, 0.25) is 0 Å². The van der Waals surface area contributed by atoms with Crippen LogP contribution < -0.4 is 0 Å². The highest BCUT2D eigenvalue weighted by Gasteiger charge is 2.07. The molecular weight excluding hydrogens is 190 g/mol. The van der Waals surface area contributed by atoms with Crippen molar-refractivity contribution < 1.29 is 0 Å². The van der Waals surface area contributed by atoms with Gasteiger partial charge in [0.2, 0.25) is 0 Å². The summed E-state index contributed by atoms with van der Waals surface area (Å²) in [6.45, 7) is 4.21. The van der Waals surface area contributed by atoms with Gasteiger partial charge in [-0.15, -0.1) is 11.3 Å². The summed E-state index contributed by atoms with van der Waals surface area (Å²) in [5.74, 6) is 0. The minimum Gasteiger partial charge on any atom is -0.293 e. The molecule has 0 N–H and O–H groups in total. The standard InChI is InChI=1S/C12H13NS/c1-8-4-5-11-10(6-7-14-11)12(8)9(2)13-3/h4-7H,1-3H3. The van der Waals surface area contributed by atoms with E-state index in [1.54, 1.807) is 11.3 Å². The number of nitrogens with zero attached hydrogens (tertiary/aromatic N) is 1. The molecule has 1 aromatic carbocycles. The van der Waals surface area contributed by atoms with Crippen LogP contribution in [0.1, 0.15) is 18.1 Å². The fourth-order valence-corrected chi connectivity index (χ4v) is 2.54. The molecule has 0 aliphatic heterocycles. The Bertz CT molecular complexity index is 494. The quantitative estimate of drug-likeness (QED) is 0.627. The van der Waals surface area contributed by atoms with Crippen LogP contribution in [0.3, 0.4) is 0 Å². The maximum Gasteiger partial charge on any atom is 0.0395 e. The van der Waals surface area contributed by atoms with Crippen LogP contribution in [0.4, 0.5) is 0 Å². The molecule has 1 nitrogen and oxygen atoms in total. The monoisotopic (exact) mass is 203 g/mol. The molecule has 0 unspecified atom stereocenters. The van der Waals surface area contributed by atoms with Gasteiger partial charge in [0.1, 0.15) is 0 Å². The Hall–Kier alpha value is -1.15. The molecule has 0 amide bonds. The third-order valence-electron chi connectivity index (χ3n) is 2.54. The first kappa shape index (κ1) is 9.41. The number of aryl methyl sites for hydroxylation is 1. The van der Waals surface area contributed by atoms with Crippen molar-refractivity contribution in [3.63, 3.8) is 0 Å². The first-order valence-electron chi connectivity index (χ1n) is 4.64. The SMILES string of the molecule is CN=C(C)c1c(C)ccc2sccc12. The maximum absolute atomic E-state index is 4.27. The van der Waals surface area contributed by atoms with Crippen molar-refractivity contribution in [2.75, 3.05) is 7.05 Å². The zero-order chi connectivity index (χ0) is 10.1. The van der Waals surface area contributed by atoms with Crippen molar-refractivity contribution in [2.45, 2.75) is 13.8 Å². The van der Waals surface area contributed by atoms with Crippen LogP contribution in [0.5, 0.6) is 0 Å². The van der Waals surface area contributed by atoms with Crippen molar-refractivity contribution in [1.82, 2.24) is 0 Å². The first-order valence-corrected chi connectivity index (χ1v) is 5.52. The third-order valence-corrected chi connectivity index (χ3v) is 3.42. The van der Waals surface area contributed by atoms with Crippen molar-refractivity contribution in [3.05, 3.63) is 34.7 Å². The Kier molecular flexibility index (Phi) is 2.38. The van der Waals surface area contributed by atoms with Gasteiger partial charge in [0.15, 0.2) is 0 Å². The summed E-state index contributed by atoms with van der Waals surface area (Å²) in [4.78, 5) is 4.27. The number of fused-ring (bicyclic) bond motifs is 1. The van der Waals surface area contributed by atoms with Crippen LogP contribution in [0.15, 0.2) is 28.6 Å². The smallest absolute Gasteiger partial charge is 0.0395 e. The summed E-state index contributed by atoms with van der Waals surface area (Å²) in [6, 6.07) is 6.53. The van der Waals surface area contributed by atoms with E-state index in [4.69, 9.17) is 0 Å². The molecule has 2 aromatic rings. The summed E-state index contributed by atoms with van der Waals surface area (Å²) >= 11 is 1.78. The lowest BCUT2D eigenvalue weighted by Crippen LogP contribution is -1.98. The van der Waals surface area contributed by atoms with Gasteiger partial charge in [-0.1, -0.05) is 6.07 Å². The Balaban J connectivity index is 2.83. The summed E-state index contributed by atoms with van der Waals surface area (Å²) in [7, 11) is 1.85. The Labute approximate surface area is 88.1 Å². The lowest BCUT2D eigenvalue weighted by atomic mass is 10.0. The van der Waals surface area contributed by atoms with E-state index in [-0.39, 0.29) is 0 Å². The van der Waals surface area contributed by atoms with Crippen molar-refractivity contribution in [1.29, 1.82) is 0 Å². The van der Waals surface area contributed by atoms with Crippen molar-refractivity contribution in [2.24, 2.45) is 4.99 Å². The molecule has 2 heteroatoms. The zero-order valence-corrected chi connectivity index (χ0v) is 9.48. The lowest BCUT2D eigenvalue weighted by molar-refractivity contribution is 1.39. The molecule has 1 heterocycles. The molecule has 0 aliphatic rings. The fourth-order valence-electron chi connectivity index (χ4n) is 1.75. The molecule has 0 aliphatic carbocycles. The number of hydrogen-bond acceptors (Lipinski definition) is 2. The molecule has 0 fully saturated rings. The van der Waals surface area contributed by atoms with E-state index >= 15 is 0 Å². The van der Waals surface area contributed by atoms with Gasteiger partial charge in [-0.25, -0.2) is 0 Å². The second-order valence-electron chi connectivity index (χ2n) is 3.40. The molecule has 0 spiro atoms. The molecule has 0 saturated heterocycles. The van der Waals surface area contributed by atoms with E-state index in [0.29, 0.717) is 0 Å². The topological polar surface area (TPSA) is 12.4 Å². The van der Waals surface area contributed by atoms with Gasteiger partial charge in [0.25, 0.3) is 0 Å². The number of aliphatic imine (C=N–C) groups is 1. The van der Waals surface area contributed by atoms with Crippen LogP contribution >= 0.6 is 11.3 Å². The van der Waals surface area contributed by atoms with Crippen LogP contribution in [0, 0.1) is 6.92 Å². The predicted octanol–water partition coefficient (Wildman–Crippen LogP) is 3.65. The lowest BCUT2D eigenvalue weighted by Gasteiger charge is -2.06. The van der Waals surface area contributed by atoms with Crippen LogP contribution in [0.25, 0.3) is 10.1 Å². The average molecular weight is 203 g/mol. The van der Waals surface area contributed by atoms with E-state index in [1.807, 2.05) is 7.05 Å². The fraction of sp³-hybridized carbons (Fsp3) is 0.250. The summed E-state index contributed by atoms with van der Waals surface area (Å²) < 4.78 is 1.34. The van der Waals surface area contributed by atoms with Crippen LogP contribution in [-0.4, -0.2) is 12.8 Å². The van der Waals surface area contributed by atoms with Gasteiger partial charge in [-0.3, -0.25) is 4.99 Å². The van der Waals surface area contributed by atoms with Gasteiger partial charge in [-0.05, 0) is 36.9 Å². The van der Waals surface area contributed by atoms with Gasteiger partial charge in [0.05, 0.1) is 0 Å². The van der Waals surface area contributed by atoms with Gasteiger partial charge >= 0.3 is 0 Å². The molecule has 1 aromatic heterocycles. The molecule has 0 radical (unpaired) electrons. The van der Waals surface area contributed by atoms with Gasteiger partial charge < -0.3 is 0 Å². The summed E-state index contributed by atoms with van der Waals surface area (Å²) in [5, 5.41) is 3.47. The Morgan fingerprint density at radius 1 is 1.29 bits per heavy atom. The van der Waals surface area contributed by atoms with E-state index < -0.39 is 0 Å². The van der Waals surface area contributed by atoms with E-state index in [9.17, 15) is 0 Å². The third kappa shape index (κ3) is 1.36. The van der Waals surface area contributed by atoms with E-state index in [0.717, 1.165) is 5.71 Å². The Morgan fingerprint density at radius 2 is 2.07 bits per heavy atom. The molecule has 0 saturated carbocycles. The molecular formula is C12H13NS. The first-order chi connectivity index (χ1) is 6.74. The molecule has 0 bridgehead atoms. The highest BCUT2D eigenvalue weighted by molar-refractivity contribution is 7.17. The number of hydrogen-bond donors (Lipinski definition) is 0. The average Bonchev–Trinajstić information content (AvgIpc) is 2.64. The summed E-state index contributed by atoms with van der Waals surface area (Å²) in [5.41, 5.74) is 3.72. The summed E-state index contributed by atoms with van der Waals surface area (Å²) in [6.07, 6.45) is 0. The van der Waals surface area contributed by atoms with Crippen molar-refractivity contribution in [3.8, 4) is 0 Å². The largest absolute Gasteiger partial charge is 0.293 e. The molecule has 0 atom stereocenters. The second-order valence-corrected chi connectivity index (χ2v) is 4.35. The normalized spacial score (nSPS) is 12.4.